The van der Waals surface area contributed by atoms with Crippen molar-refractivity contribution in [2.45, 2.75) is 61.7 Å². The Hall–Kier alpha value is -2.07. The maximum Gasteiger partial charge on any atom is 0.434 e. The molecule has 168 valence electrons. The monoisotopic (exact) mass is 452 g/mol. The number of piperidine rings is 1. The van der Waals surface area contributed by atoms with Gasteiger partial charge in [-0.25, -0.2) is 9.97 Å². The summed E-state index contributed by atoms with van der Waals surface area (Å²) in [4.78, 5) is 14.3. The molecule has 1 saturated heterocycles. The third-order valence-corrected chi connectivity index (χ3v) is 7.91. The van der Waals surface area contributed by atoms with Gasteiger partial charge in [0.05, 0.1) is 6.20 Å². The SMILES string of the molecule is CC1(C)CCC2(CCN(c3cnc(Sc4cccnc4C(F)(F)F)c(N)n3)CC2)[C@@H]1N. The first kappa shape index (κ1) is 22.1. The number of nitrogen functional groups attached to an aromatic ring is 1. The van der Waals surface area contributed by atoms with Crippen LogP contribution in [0.25, 0.3) is 0 Å². The summed E-state index contributed by atoms with van der Waals surface area (Å²) in [7, 11) is 0. The van der Waals surface area contributed by atoms with E-state index in [2.05, 4.69) is 33.7 Å². The number of nitrogens with zero attached hydrogens (tertiary/aromatic N) is 4. The molecule has 2 aliphatic rings. The van der Waals surface area contributed by atoms with E-state index in [1.165, 1.54) is 12.1 Å². The van der Waals surface area contributed by atoms with E-state index in [0.29, 0.717) is 5.82 Å². The fraction of sp³-hybridized carbons (Fsp3) is 0.571. The highest BCUT2D eigenvalue weighted by Crippen LogP contribution is 2.53. The number of hydrogen-bond donors (Lipinski definition) is 2. The largest absolute Gasteiger partial charge is 0.434 e. The Morgan fingerprint density at radius 2 is 1.84 bits per heavy atom. The van der Waals surface area contributed by atoms with E-state index in [1.54, 1.807) is 6.20 Å². The smallest absolute Gasteiger partial charge is 0.381 e. The van der Waals surface area contributed by atoms with E-state index in [9.17, 15) is 13.2 Å². The van der Waals surface area contributed by atoms with E-state index < -0.39 is 11.9 Å². The van der Waals surface area contributed by atoms with Crippen molar-refractivity contribution in [1.29, 1.82) is 0 Å². The summed E-state index contributed by atoms with van der Waals surface area (Å²) >= 11 is 0.822. The van der Waals surface area contributed by atoms with Gasteiger partial charge in [0.15, 0.2) is 11.5 Å². The number of nitrogens with two attached hydrogens (primary N) is 2. The Bertz CT molecular complexity index is 956. The molecule has 31 heavy (non-hydrogen) atoms. The lowest BCUT2D eigenvalue weighted by Crippen LogP contribution is -2.50. The molecule has 1 atom stereocenters. The normalized spacial score (nSPS) is 22.8. The maximum absolute atomic E-state index is 13.2. The number of hydrogen-bond acceptors (Lipinski definition) is 7. The molecule has 4 N–H and O–H groups in total. The summed E-state index contributed by atoms with van der Waals surface area (Å²) in [6.45, 7) is 6.11. The molecule has 0 bridgehead atoms. The summed E-state index contributed by atoms with van der Waals surface area (Å²) in [5.41, 5.74) is 12.1. The summed E-state index contributed by atoms with van der Waals surface area (Å²) in [6.07, 6.45) is 2.41. The van der Waals surface area contributed by atoms with E-state index in [1.807, 2.05) is 0 Å². The number of pyridine rings is 1. The highest BCUT2D eigenvalue weighted by Gasteiger charge is 2.51. The van der Waals surface area contributed by atoms with Crippen molar-refractivity contribution in [3.05, 3.63) is 30.2 Å². The second kappa shape index (κ2) is 7.81. The average molecular weight is 453 g/mol. The Balaban J connectivity index is 1.47. The predicted octanol–water partition coefficient (Wildman–Crippen LogP) is 4.36. The quantitative estimate of drug-likeness (QED) is 0.715. The van der Waals surface area contributed by atoms with Gasteiger partial charge in [0.2, 0.25) is 0 Å². The Labute approximate surface area is 184 Å². The molecular formula is C21H27F3N6S. The average Bonchev–Trinajstić information content (AvgIpc) is 2.94. The van der Waals surface area contributed by atoms with Crippen molar-refractivity contribution in [3.8, 4) is 0 Å². The van der Waals surface area contributed by atoms with Crippen molar-refractivity contribution >= 4 is 23.4 Å². The molecule has 2 fully saturated rings. The van der Waals surface area contributed by atoms with E-state index in [4.69, 9.17) is 11.5 Å². The van der Waals surface area contributed by atoms with E-state index in [-0.39, 0.29) is 32.6 Å². The zero-order valence-corrected chi connectivity index (χ0v) is 18.4. The zero-order valence-electron chi connectivity index (χ0n) is 17.6. The van der Waals surface area contributed by atoms with Crippen molar-refractivity contribution in [2.24, 2.45) is 16.6 Å². The van der Waals surface area contributed by atoms with Crippen LogP contribution in [0.2, 0.25) is 0 Å². The number of aromatic nitrogens is 3. The highest BCUT2D eigenvalue weighted by molar-refractivity contribution is 7.99. The molecule has 1 aliphatic heterocycles. The van der Waals surface area contributed by atoms with Crippen LogP contribution >= 0.6 is 11.8 Å². The molecule has 0 unspecified atom stereocenters. The fourth-order valence-corrected chi connectivity index (χ4v) is 5.73. The Morgan fingerprint density at radius 3 is 2.42 bits per heavy atom. The van der Waals surface area contributed by atoms with Gasteiger partial charge in [-0.1, -0.05) is 25.6 Å². The van der Waals surface area contributed by atoms with Crippen LogP contribution in [0.5, 0.6) is 0 Å². The molecule has 0 amide bonds. The van der Waals surface area contributed by atoms with Gasteiger partial charge in [0, 0.05) is 30.2 Å². The lowest BCUT2D eigenvalue weighted by Gasteiger charge is -2.44. The van der Waals surface area contributed by atoms with Gasteiger partial charge < -0.3 is 16.4 Å². The first-order valence-corrected chi connectivity index (χ1v) is 11.2. The van der Waals surface area contributed by atoms with Gasteiger partial charge in [-0.15, -0.1) is 0 Å². The van der Waals surface area contributed by atoms with Gasteiger partial charge in [0.1, 0.15) is 10.8 Å². The zero-order chi connectivity index (χ0) is 22.4. The molecule has 1 spiro atoms. The topological polar surface area (TPSA) is 94.0 Å². The van der Waals surface area contributed by atoms with Crippen LogP contribution < -0.4 is 16.4 Å². The third-order valence-electron chi connectivity index (χ3n) is 6.85. The number of anilines is 2. The van der Waals surface area contributed by atoms with Crippen LogP contribution in [-0.2, 0) is 6.18 Å². The summed E-state index contributed by atoms with van der Waals surface area (Å²) in [5.74, 6) is 0.753. The van der Waals surface area contributed by atoms with Crippen molar-refractivity contribution in [2.75, 3.05) is 23.7 Å². The minimum atomic E-state index is -4.55. The van der Waals surface area contributed by atoms with Gasteiger partial charge in [-0.05, 0) is 48.6 Å². The molecule has 1 saturated carbocycles. The molecule has 2 aromatic heterocycles. The molecule has 2 aromatic rings. The first-order valence-electron chi connectivity index (χ1n) is 10.3. The Morgan fingerprint density at radius 1 is 1.13 bits per heavy atom. The number of alkyl halides is 3. The molecule has 3 heterocycles. The standard InChI is InChI=1S/C21H27F3N6S/c1-19(2)5-6-20(18(19)26)7-10-30(11-8-20)14-12-28-17(16(25)29-14)31-13-4-3-9-27-15(13)21(22,23)24/h3-4,9,12,18H,5-8,10-11,26H2,1-2H3,(H2,25,29)/t18-/m1/s1. The predicted molar refractivity (Wildman–Crippen MR) is 115 cm³/mol. The lowest BCUT2D eigenvalue weighted by atomic mass is 9.70. The van der Waals surface area contributed by atoms with E-state index >= 15 is 0 Å². The third kappa shape index (κ3) is 4.19. The first-order chi connectivity index (χ1) is 14.5. The van der Waals surface area contributed by atoms with Crippen molar-refractivity contribution < 1.29 is 13.2 Å². The molecule has 1 aliphatic carbocycles. The molecule has 0 radical (unpaired) electrons. The van der Waals surface area contributed by atoms with Crippen molar-refractivity contribution in [3.63, 3.8) is 0 Å². The van der Waals surface area contributed by atoms with Gasteiger partial charge in [-0.3, -0.25) is 4.98 Å². The van der Waals surface area contributed by atoms with Crippen LogP contribution in [0.15, 0.2) is 34.4 Å². The molecule has 10 heteroatoms. The minimum Gasteiger partial charge on any atom is -0.381 e. The summed E-state index contributed by atoms with van der Waals surface area (Å²) < 4.78 is 39.6. The second-order valence-corrected chi connectivity index (χ2v) is 10.2. The molecular weight excluding hydrogens is 425 g/mol. The fourth-order valence-electron chi connectivity index (χ4n) is 4.86. The van der Waals surface area contributed by atoms with Crippen LogP contribution in [-0.4, -0.2) is 34.1 Å². The highest BCUT2D eigenvalue weighted by atomic mass is 32.2. The molecule has 6 nitrogen and oxygen atoms in total. The number of rotatable bonds is 3. The maximum atomic E-state index is 13.2. The molecule has 0 aromatic carbocycles. The van der Waals surface area contributed by atoms with Crippen LogP contribution in [0.3, 0.4) is 0 Å². The number of halogens is 3. The van der Waals surface area contributed by atoms with Gasteiger partial charge in [-0.2, -0.15) is 13.2 Å². The Kier molecular flexibility index (Phi) is 5.58. The van der Waals surface area contributed by atoms with E-state index in [0.717, 1.165) is 56.7 Å². The lowest BCUT2D eigenvalue weighted by molar-refractivity contribution is -0.143. The van der Waals surface area contributed by atoms with Crippen molar-refractivity contribution in [1.82, 2.24) is 15.0 Å². The second-order valence-electron chi connectivity index (χ2n) is 9.18. The van der Waals surface area contributed by atoms with Gasteiger partial charge in [0.25, 0.3) is 0 Å². The van der Waals surface area contributed by atoms with Crippen LogP contribution in [0, 0.1) is 10.8 Å². The minimum absolute atomic E-state index is 0.0542. The molecule has 4 rings (SSSR count). The van der Waals surface area contributed by atoms with Crippen LogP contribution in [0.1, 0.15) is 45.2 Å². The van der Waals surface area contributed by atoms with Crippen LogP contribution in [0.4, 0.5) is 24.8 Å². The summed E-state index contributed by atoms with van der Waals surface area (Å²) in [5, 5.41) is 0.232. The van der Waals surface area contributed by atoms with Gasteiger partial charge >= 0.3 is 6.18 Å². The summed E-state index contributed by atoms with van der Waals surface area (Å²) in [6, 6.07) is 2.99.